The molecule has 0 spiro atoms. The Bertz CT molecular complexity index is 1040. The number of benzene rings is 2. The molecule has 1 unspecified atom stereocenters. The summed E-state index contributed by atoms with van der Waals surface area (Å²) in [5.41, 5.74) is 3.50. The monoisotopic (exact) mass is 378 g/mol. The summed E-state index contributed by atoms with van der Waals surface area (Å²) in [5, 5.41) is 14.0. The molecule has 0 radical (unpaired) electrons. The number of hydrogen-bond donors (Lipinski definition) is 2. The van der Waals surface area contributed by atoms with Crippen LogP contribution < -0.4 is 5.32 Å². The zero-order valence-electron chi connectivity index (χ0n) is 14.7. The molecule has 2 aromatic carbocycles. The summed E-state index contributed by atoms with van der Waals surface area (Å²) in [4.78, 5) is 13.5. The number of nitrogens with zero attached hydrogens (tertiary/aromatic N) is 3. The number of aliphatic hydroxyl groups is 1. The van der Waals surface area contributed by atoms with Crippen molar-refractivity contribution in [2.45, 2.75) is 13.0 Å². The Labute approximate surface area is 163 Å². The van der Waals surface area contributed by atoms with Crippen LogP contribution in [0, 0.1) is 0 Å². The normalized spacial score (nSPS) is 11.6. The van der Waals surface area contributed by atoms with Crippen molar-refractivity contribution < 1.29 is 5.11 Å². The molecular formula is C21H19ClN4O. The molecule has 0 aliphatic carbocycles. The van der Waals surface area contributed by atoms with E-state index in [1.165, 1.54) is 0 Å². The number of aliphatic hydroxyl groups excluding tert-OH is 1. The minimum atomic E-state index is -0.485. The third-order valence-corrected chi connectivity index (χ3v) is 4.18. The third kappa shape index (κ3) is 4.05. The molecule has 136 valence electrons. The number of aromatic nitrogens is 3. The van der Waals surface area contributed by atoms with Gasteiger partial charge in [0.05, 0.1) is 11.6 Å². The molecule has 2 heterocycles. The molecule has 0 aliphatic rings. The van der Waals surface area contributed by atoms with Crippen LogP contribution >= 0.6 is 12.4 Å². The van der Waals surface area contributed by atoms with Gasteiger partial charge in [-0.05, 0) is 48.9 Å². The molecule has 2 N–H and O–H groups in total. The Morgan fingerprint density at radius 1 is 0.926 bits per heavy atom. The van der Waals surface area contributed by atoms with Crippen molar-refractivity contribution >= 4 is 34.8 Å². The van der Waals surface area contributed by atoms with Gasteiger partial charge in [-0.25, -0.2) is 9.97 Å². The maximum atomic E-state index is 9.66. The fraction of sp³-hybridized carbons (Fsp3) is 0.0952. The highest BCUT2D eigenvalue weighted by atomic mass is 35.5. The third-order valence-electron chi connectivity index (χ3n) is 4.18. The van der Waals surface area contributed by atoms with Crippen LogP contribution in [0.25, 0.3) is 22.3 Å². The molecule has 5 nitrogen and oxygen atoms in total. The van der Waals surface area contributed by atoms with Crippen molar-refractivity contribution in [1.29, 1.82) is 0 Å². The van der Waals surface area contributed by atoms with Gasteiger partial charge >= 0.3 is 0 Å². The average Bonchev–Trinajstić information content (AvgIpc) is 2.69. The molecule has 4 rings (SSSR count). The fourth-order valence-corrected chi connectivity index (χ4v) is 2.78. The minimum absolute atomic E-state index is 0. The first kappa shape index (κ1) is 18.8. The molecule has 0 saturated heterocycles. The van der Waals surface area contributed by atoms with Crippen molar-refractivity contribution in [2.75, 3.05) is 5.32 Å². The van der Waals surface area contributed by atoms with Gasteiger partial charge in [0, 0.05) is 29.0 Å². The van der Waals surface area contributed by atoms with E-state index in [1.54, 1.807) is 19.3 Å². The van der Waals surface area contributed by atoms with Crippen LogP contribution in [0.1, 0.15) is 18.6 Å². The zero-order chi connectivity index (χ0) is 17.9. The predicted octanol–water partition coefficient (Wildman–Crippen LogP) is 4.91. The van der Waals surface area contributed by atoms with Crippen molar-refractivity contribution in [3.05, 3.63) is 78.6 Å². The highest BCUT2D eigenvalue weighted by Crippen LogP contribution is 2.27. The molecule has 0 bridgehead atoms. The van der Waals surface area contributed by atoms with E-state index >= 15 is 0 Å². The van der Waals surface area contributed by atoms with Crippen molar-refractivity contribution in [2.24, 2.45) is 0 Å². The van der Waals surface area contributed by atoms with Crippen molar-refractivity contribution in [3.8, 4) is 11.4 Å². The summed E-state index contributed by atoms with van der Waals surface area (Å²) in [5.74, 6) is 1.36. The Kier molecular flexibility index (Phi) is 5.64. The van der Waals surface area contributed by atoms with Crippen LogP contribution in [0.2, 0.25) is 0 Å². The van der Waals surface area contributed by atoms with Crippen LogP contribution in [0.15, 0.2) is 73.1 Å². The SMILES string of the molecule is CC(O)c1ccc(Nc2nc(-c3cccnc3)nc3ccccc23)cc1.Cl. The van der Waals surface area contributed by atoms with Gasteiger partial charge in [0.15, 0.2) is 5.82 Å². The number of halogens is 1. The topological polar surface area (TPSA) is 70.9 Å². The Morgan fingerprint density at radius 2 is 1.70 bits per heavy atom. The van der Waals surface area contributed by atoms with Crippen LogP contribution in [-0.2, 0) is 0 Å². The number of hydrogen-bond acceptors (Lipinski definition) is 5. The largest absolute Gasteiger partial charge is 0.389 e. The average molecular weight is 379 g/mol. The minimum Gasteiger partial charge on any atom is -0.389 e. The van der Waals surface area contributed by atoms with Gasteiger partial charge in [-0.2, -0.15) is 0 Å². The van der Waals surface area contributed by atoms with Crippen LogP contribution in [0.4, 0.5) is 11.5 Å². The molecule has 0 saturated carbocycles. The second-order valence-corrected chi connectivity index (χ2v) is 6.08. The van der Waals surface area contributed by atoms with Gasteiger partial charge < -0.3 is 10.4 Å². The van der Waals surface area contributed by atoms with Gasteiger partial charge in [0.25, 0.3) is 0 Å². The Morgan fingerprint density at radius 3 is 2.41 bits per heavy atom. The molecular weight excluding hydrogens is 360 g/mol. The number of rotatable bonds is 4. The lowest BCUT2D eigenvalue weighted by atomic mass is 10.1. The summed E-state index contributed by atoms with van der Waals surface area (Å²) < 4.78 is 0. The molecule has 1 atom stereocenters. The van der Waals surface area contributed by atoms with Gasteiger partial charge in [0.2, 0.25) is 0 Å². The number of anilines is 2. The van der Waals surface area contributed by atoms with Crippen LogP contribution in [0.5, 0.6) is 0 Å². The van der Waals surface area contributed by atoms with Gasteiger partial charge in [-0.1, -0.05) is 24.3 Å². The quantitative estimate of drug-likeness (QED) is 0.528. The highest BCUT2D eigenvalue weighted by Gasteiger charge is 2.10. The molecule has 2 aromatic heterocycles. The molecule has 0 amide bonds. The van der Waals surface area contributed by atoms with E-state index in [4.69, 9.17) is 4.98 Å². The summed E-state index contributed by atoms with van der Waals surface area (Å²) >= 11 is 0. The van der Waals surface area contributed by atoms with Crippen molar-refractivity contribution in [1.82, 2.24) is 15.0 Å². The van der Waals surface area contributed by atoms with E-state index < -0.39 is 6.10 Å². The molecule has 0 fully saturated rings. The molecule has 27 heavy (non-hydrogen) atoms. The number of para-hydroxylation sites is 1. The standard InChI is InChI=1S/C21H18N4O.ClH/c1-14(26)15-8-10-17(11-9-15)23-21-18-6-2-3-7-19(18)24-20(25-21)16-5-4-12-22-13-16;/h2-14,26H,1H3,(H,23,24,25);1H. The lowest BCUT2D eigenvalue weighted by Gasteiger charge is -2.12. The summed E-state index contributed by atoms with van der Waals surface area (Å²) in [7, 11) is 0. The number of pyridine rings is 1. The smallest absolute Gasteiger partial charge is 0.163 e. The van der Waals surface area contributed by atoms with Crippen LogP contribution in [-0.4, -0.2) is 20.1 Å². The first-order chi connectivity index (χ1) is 12.7. The fourth-order valence-electron chi connectivity index (χ4n) is 2.78. The Hall–Kier alpha value is -3.02. The van der Waals surface area contributed by atoms with E-state index in [1.807, 2.05) is 60.7 Å². The first-order valence-corrected chi connectivity index (χ1v) is 8.43. The Balaban J connectivity index is 0.00000210. The first-order valence-electron chi connectivity index (χ1n) is 8.43. The van der Waals surface area contributed by atoms with Gasteiger partial charge in [-0.3, -0.25) is 4.98 Å². The maximum absolute atomic E-state index is 9.66. The summed E-state index contributed by atoms with van der Waals surface area (Å²) in [6, 6.07) is 19.4. The summed E-state index contributed by atoms with van der Waals surface area (Å²) in [6.07, 6.45) is 3.00. The lowest BCUT2D eigenvalue weighted by Crippen LogP contribution is -2.00. The van der Waals surface area contributed by atoms with E-state index in [0.29, 0.717) is 5.82 Å². The molecule has 4 aromatic rings. The highest BCUT2D eigenvalue weighted by molar-refractivity contribution is 5.92. The van der Waals surface area contributed by atoms with Crippen LogP contribution in [0.3, 0.4) is 0 Å². The van der Waals surface area contributed by atoms with Gasteiger partial charge in [0.1, 0.15) is 5.82 Å². The molecule has 0 aliphatic heterocycles. The predicted molar refractivity (Wildman–Crippen MR) is 110 cm³/mol. The van der Waals surface area contributed by atoms with Gasteiger partial charge in [-0.15, -0.1) is 12.4 Å². The second-order valence-electron chi connectivity index (χ2n) is 6.08. The van der Waals surface area contributed by atoms with E-state index in [2.05, 4.69) is 15.3 Å². The van der Waals surface area contributed by atoms with E-state index in [0.717, 1.165) is 33.5 Å². The second kappa shape index (κ2) is 8.12. The summed E-state index contributed by atoms with van der Waals surface area (Å²) in [6.45, 7) is 1.75. The van der Waals surface area contributed by atoms with Crippen molar-refractivity contribution in [3.63, 3.8) is 0 Å². The number of fused-ring (bicyclic) bond motifs is 1. The molecule has 6 heteroatoms. The number of nitrogens with one attached hydrogen (secondary N) is 1. The maximum Gasteiger partial charge on any atom is 0.163 e. The van der Waals surface area contributed by atoms with E-state index in [9.17, 15) is 5.11 Å². The zero-order valence-corrected chi connectivity index (χ0v) is 15.5. The lowest BCUT2D eigenvalue weighted by molar-refractivity contribution is 0.199. The van der Waals surface area contributed by atoms with E-state index in [-0.39, 0.29) is 12.4 Å².